The van der Waals surface area contributed by atoms with E-state index in [2.05, 4.69) is 56.7 Å². The largest absolute Gasteiger partial charge is 0.424 e. The van der Waals surface area contributed by atoms with Crippen LogP contribution in [0.2, 0.25) is 0 Å². The highest BCUT2D eigenvalue weighted by atomic mass is 32.1. The van der Waals surface area contributed by atoms with Gasteiger partial charge >= 0.3 is 0 Å². The molecule has 148 valence electrons. The molecular formula is C21H26N4O2S. The third-order valence-electron chi connectivity index (χ3n) is 4.95. The maximum absolute atomic E-state index is 5.88. The van der Waals surface area contributed by atoms with Crippen molar-refractivity contribution < 1.29 is 9.15 Å². The zero-order chi connectivity index (χ0) is 19.2. The van der Waals surface area contributed by atoms with Gasteiger partial charge in [0.15, 0.2) is 0 Å². The van der Waals surface area contributed by atoms with Gasteiger partial charge < -0.3 is 9.15 Å². The van der Waals surface area contributed by atoms with Crippen LogP contribution in [-0.4, -0.2) is 59.9 Å². The van der Waals surface area contributed by atoms with Crippen molar-refractivity contribution in [3.63, 3.8) is 0 Å². The first-order chi connectivity index (χ1) is 13.8. The Kier molecular flexibility index (Phi) is 6.49. The van der Waals surface area contributed by atoms with Gasteiger partial charge in [0.1, 0.15) is 0 Å². The Morgan fingerprint density at radius 2 is 1.86 bits per heavy atom. The van der Waals surface area contributed by atoms with Gasteiger partial charge in [-0.1, -0.05) is 36.4 Å². The monoisotopic (exact) mass is 398 g/mol. The first kappa shape index (κ1) is 19.3. The summed E-state index contributed by atoms with van der Waals surface area (Å²) in [6.07, 6.45) is 0.670. The Balaban J connectivity index is 1.37. The number of thiophene rings is 1. The van der Waals surface area contributed by atoms with E-state index in [0.717, 1.165) is 32.8 Å². The normalized spacial score (nSPS) is 16.5. The third-order valence-corrected chi connectivity index (χ3v) is 5.93. The molecule has 3 aromatic rings. The zero-order valence-electron chi connectivity index (χ0n) is 16.2. The van der Waals surface area contributed by atoms with Crippen molar-refractivity contribution in [3.05, 3.63) is 70.1 Å². The molecule has 4 rings (SSSR count). The molecule has 1 atom stereocenters. The summed E-state index contributed by atoms with van der Waals surface area (Å²) in [7, 11) is 2.11. The van der Waals surface area contributed by atoms with Crippen LogP contribution in [-0.2, 0) is 17.7 Å². The minimum Gasteiger partial charge on any atom is -0.424 e. The molecule has 1 saturated heterocycles. The molecule has 7 heteroatoms. The number of rotatable bonds is 8. The van der Waals surface area contributed by atoms with Crippen LogP contribution in [0.25, 0.3) is 0 Å². The van der Waals surface area contributed by atoms with Gasteiger partial charge in [0.2, 0.25) is 11.8 Å². The van der Waals surface area contributed by atoms with Gasteiger partial charge in [-0.3, -0.25) is 9.80 Å². The smallest absolute Gasteiger partial charge is 0.230 e. The van der Waals surface area contributed by atoms with Crippen molar-refractivity contribution in [1.29, 1.82) is 0 Å². The average Bonchev–Trinajstić information content (AvgIpc) is 3.40. The number of likely N-dealkylation sites (N-methyl/N-ethyl adjacent to an activating group) is 1. The molecule has 0 saturated carbocycles. The highest BCUT2D eigenvalue weighted by Crippen LogP contribution is 2.27. The number of nitrogens with zero attached hydrogens (tertiary/aromatic N) is 4. The molecule has 1 aliphatic heterocycles. The summed E-state index contributed by atoms with van der Waals surface area (Å²) in [6, 6.07) is 14.9. The van der Waals surface area contributed by atoms with E-state index < -0.39 is 0 Å². The Hall–Kier alpha value is -2.06. The van der Waals surface area contributed by atoms with E-state index in [1.165, 1.54) is 10.4 Å². The lowest BCUT2D eigenvalue weighted by Crippen LogP contribution is -2.42. The van der Waals surface area contributed by atoms with Crippen molar-refractivity contribution >= 4 is 11.3 Å². The molecule has 28 heavy (non-hydrogen) atoms. The van der Waals surface area contributed by atoms with Crippen LogP contribution < -0.4 is 0 Å². The lowest BCUT2D eigenvalue weighted by Gasteiger charge is -2.35. The average molecular weight is 399 g/mol. The molecule has 0 amide bonds. The van der Waals surface area contributed by atoms with Crippen LogP contribution >= 0.6 is 11.3 Å². The number of aromatic nitrogens is 2. The second kappa shape index (κ2) is 9.43. The van der Waals surface area contributed by atoms with Crippen LogP contribution in [0.1, 0.15) is 28.3 Å². The van der Waals surface area contributed by atoms with Gasteiger partial charge in [-0.05, 0) is 24.1 Å². The van der Waals surface area contributed by atoms with Crippen LogP contribution in [0, 0.1) is 0 Å². The molecule has 1 aromatic carbocycles. The van der Waals surface area contributed by atoms with E-state index in [1.807, 2.05) is 29.5 Å². The minimum absolute atomic E-state index is 0.362. The Morgan fingerprint density at radius 1 is 1.07 bits per heavy atom. The van der Waals surface area contributed by atoms with Crippen LogP contribution in [0.4, 0.5) is 0 Å². The van der Waals surface area contributed by atoms with Crippen molar-refractivity contribution in [3.8, 4) is 0 Å². The van der Waals surface area contributed by atoms with Gasteiger partial charge in [-0.15, -0.1) is 21.5 Å². The Morgan fingerprint density at radius 3 is 2.61 bits per heavy atom. The van der Waals surface area contributed by atoms with E-state index in [4.69, 9.17) is 9.15 Å². The molecular weight excluding hydrogens is 372 g/mol. The summed E-state index contributed by atoms with van der Waals surface area (Å²) in [5.41, 5.74) is 1.18. The van der Waals surface area contributed by atoms with Gasteiger partial charge in [0.05, 0.1) is 32.2 Å². The highest BCUT2D eigenvalue weighted by Gasteiger charge is 2.25. The molecule has 2 aromatic heterocycles. The Bertz CT molecular complexity index is 831. The fourth-order valence-electron chi connectivity index (χ4n) is 3.54. The number of hydrogen-bond donors (Lipinski definition) is 0. The Labute approximate surface area is 169 Å². The molecule has 0 spiro atoms. The number of ether oxygens (including phenoxy) is 1. The number of hydrogen-bond acceptors (Lipinski definition) is 7. The van der Waals surface area contributed by atoms with Gasteiger partial charge in [0, 0.05) is 24.5 Å². The second-order valence-electron chi connectivity index (χ2n) is 7.13. The van der Waals surface area contributed by atoms with Crippen LogP contribution in [0.5, 0.6) is 0 Å². The molecule has 6 nitrogen and oxygen atoms in total. The first-order valence-electron chi connectivity index (χ1n) is 9.67. The fraction of sp³-hybridized carbons (Fsp3) is 0.429. The molecule has 0 aliphatic carbocycles. The lowest BCUT2D eigenvalue weighted by atomic mass is 10.1. The van der Waals surface area contributed by atoms with Gasteiger partial charge in [0.25, 0.3) is 0 Å². The van der Waals surface area contributed by atoms with Crippen molar-refractivity contribution in [2.45, 2.75) is 19.0 Å². The molecule has 0 bridgehead atoms. The fourth-order valence-corrected chi connectivity index (χ4v) is 4.39. The summed E-state index contributed by atoms with van der Waals surface area (Å²) in [5.74, 6) is 1.33. The summed E-state index contributed by atoms with van der Waals surface area (Å²) in [4.78, 5) is 6.17. The maximum atomic E-state index is 5.88. The molecule has 1 aliphatic rings. The van der Waals surface area contributed by atoms with Gasteiger partial charge in [-0.25, -0.2) is 0 Å². The topological polar surface area (TPSA) is 54.6 Å². The van der Waals surface area contributed by atoms with E-state index >= 15 is 0 Å². The van der Waals surface area contributed by atoms with Crippen molar-refractivity contribution in [1.82, 2.24) is 20.0 Å². The third kappa shape index (κ3) is 5.05. The van der Waals surface area contributed by atoms with Crippen LogP contribution in [0.3, 0.4) is 0 Å². The molecule has 0 radical (unpaired) electrons. The predicted molar refractivity (Wildman–Crippen MR) is 109 cm³/mol. The number of morpholine rings is 1. The summed E-state index contributed by atoms with van der Waals surface area (Å²) in [6.45, 7) is 5.11. The summed E-state index contributed by atoms with van der Waals surface area (Å²) >= 11 is 1.82. The molecule has 0 N–H and O–H groups in total. The second-order valence-corrected chi connectivity index (χ2v) is 8.11. The van der Waals surface area contributed by atoms with Crippen LogP contribution in [0.15, 0.2) is 52.3 Å². The van der Waals surface area contributed by atoms with E-state index in [1.54, 1.807) is 0 Å². The quantitative estimate of drug-likeness (QED) is 0.581. The highest BCUT2D eigenvalue weighted by molar-refractivity contribution is 7.10. The van der Waals surface area contributed by atoms with E-state index in [9.17, 15) is 0 Å². The van der Waals surface area contributed by atoms with Gasteiger partial charge in [-0.2, -0.15) is 0 Å². The molecule has 1 unspecified atom stereocenters. The zero-order valence-corrected chi connectivity index (χ0v) is 17.0. The summed E-state index contributed by atoms with van der Waals surface area (Å²) in [5, 5.41) is 10.6. The van der Waals surface area contributed by atoms with Crippen molar-refractivity contribution in [2.75, 3.05) is 39.9 Å². The molecule has 3 heterocycles. The first-order valence-corrected chi connectivity index (χ1v) is 10.5. The number of benzene rings is 1. The predicted octanol–water partition coefficient (Wildman–Crippen LogP) is 3.23. The SMILES string of the molecule is CN(Cc1nnc(Cc2ccccc2)o1)CC(c1cccs1)N1CCOCC1. The van der Waals surface area contributed by atoms with Crippen molar-refractivity contribution in [2.24, 2.45) is 0 Å². The molecule has 1 fully saturated rings. The summed E-state index contributed by atoms with van der Waals surface area (Å²) < 4.78 is 11.4. The van der Waals surface area contributed by atoms with E-state index in [-0.39, 0.29) is 0 Å². The minimum atomic E-state index is 0.362. The lowest BCUT2D eigenvalue weighted by molar-refractivity contribution is 0.00917. The maximum Gasteiger partial charge on any atom is 0.230 e. The standard InChI is InChI=1S/C21H26N4O2S/c1-24(15-18(19-8-5-13-28-19)25-9-11-26-12-10-25)16-21-23-22-20(27-21)14-17-6-3-2-4-7-17/h2-8,13,18H,9-12,14-16H2,1H3. The van der Waals surface area contributed by atoms with E-state index in [0.29, 0.717) is 30.8 Å².